The van der Waals surface area contributed by atoms with Crippen molar-refractivity contribution in [2.45, 2.75) is 13.3 Å². The highest BCUT2D eigenvalue weighted by Crippen LogP contribution is 2.24. The number of nitrogens with one attached hydrogen (secondary N) is 1. The summed E-state index contributed by atoms with van der Waals surface area (Å²) < 4.78 is 4.58. The van der Waals surface area contributed by atoms with Gasteiger partial charge in [0.25, 0.3) is 5.91 Å². The molecule has 0 radical (unpaired) electrons. The maximum atomic E-state index is 12.4. The summed E-state index contributed by atoms with van der Waals surface area (Å²) in [5.74, 6) is -2.88. The third-order valence-corrected chi connectivity index (χ3v) is 4.23. The van der Waals surface area contributed by atoms with E-state index >= 15 is 0 Å². The predicted octanol–water partition coefficient (Wildman–Crippen LogP) is 5.17. The number of hydrogen-bond donors (Lipinski definition) is 3. The second-order valence-electron chi connectivity index (χ2n) is 6.75. The van der Waals surface area contributed by atoms with Crippen LogP contribution in [-0.4, -0.2) is 40.6 Å². The predicted molar refractivity (Wildman–Crippen MR) is 135 cm³/mol. The van der Waals surface area contributed by atoms with E-state index in [4.69, 9.17) is 5.11 Å². The van der Waals surface area contributed by atoms with Gasteiger partial charge < -0.3 is 20.3 Å². The number of fused-ring (bicyclic) bond motifs is 1. The third-order valence-electron chi connectivity index (χ3n) is 4.23. The zero-order valence-corrected chi connectivity index (χ0v) is 19.3. The van der Waals surface area contributed by atoms with Crippen molar-refractivity contribution in [3.8, 4) is 0 Å². The molecule has 35 heavy (non-hydrogen) atoms. The molecule has 8 nitrogen and oxygen atoms in total. The van der Waals surface area contributed by atoms with Crippen LogP contribution in [0.25, 0.3) is 10.8 Å². The molecule has 1 amide bonds. The fourth-order valence-electron chi connectivity index (χ4n) is 2.65. The molecule has 182 valence electrons. The molecule has 0 saturated heterocycles. The lowest BCUT2D eigenvalue weighted by Crippen LogP contribution is -2.16. The summed E-state index contributed by atoms with van der Waals surface area (Å²) in [6, 6.07) is 19.4. The number of esters is 1. The minimum Gasteiger partial charge on any atom is -0.478 e. The lowest BCUT2D eigenvalue weighted by Gasteiger charge is -2.10. The molecule has 0 aromatic heterocycles. The van der Waals surface area contributed by atoms with Gasteiger partial charge in [0.15, 0.2) is 0 Å². The molecule has 3 rings (SSSR count). The van der Waals surface area contributed by atoms with E-state index in [9.17, 15) is 24.3 Å². The lowest BCUT2D eigenvalue weighted by atomic mass is 10.1. The van der Waals surface area contributed by atoms with Gasteiger partial charge in [-0.05, 0) is 30.0 Å². The van der Waals surface area contributed by atoms with E-state index in [0.29, 0.717) is 12.3 Å². The smallest absolute Gasteiger partial charge is 0.336 e. The summed E-state index contributed by atoms with van der Waals surface area (Å²) in [5.41, 5.74) is 0.784. The molecule has 0 atom stereocenters. The molecular weight excluding hydrogens is 450 g/mol. The molecule has 3 aromatic rings. The first-order valence-electron chi connectivity index (χ1n) is 10.5. The topological polar surface area (TPSA) is 130 Å². The molecule has 3 aromatic carbocycles. The van der Waals surface area contributed by atoms with Gasteiger partial charge in [0, 0.05) is 23.2 Å². The summed E-state index contributed by atoms with van der Waals surface area (Å²) >= 11 is 0. The number of aliphatic carboxylic acids is 1. The Hall–Kier alpha value is -4.72. The molecule has 0 bridgehead atoms. The van der Waals surface area contributed by atoms with Crippen LogP contribution >= 0.6 is 0 Å². The number of ether oxygens (including phenoxy) is 1. The second-order valence-corrected chi connectivity index (χ2v) is 6.75. The van der Waals surface area contributed by atoms with E-state index in [1.165, 1.54) is 12.1 Å². The van der Waals surface area contributed by atoms with E-state index < -0.39 is 17.8 Å². The third kappa shape index (κ3) is 9.75. The van der Waals surface area contributed by atoms with Crippen molar-refractivity contribution in [1.82, 2.24) is 0 Å². The van der Waals surface area contributed by atoms with Crippen LogP contribution in [0, 0.1) is 0 Å². The van der Waals surface area contributed by atoms with Gasteiger partial charge in [-0.1, -0.05) is 68.6 Å². The van der Waals surface area contributed by atoms with Gasteiger partial charge in [-0.15, -0.1) is 0 Å². The number of amides is 1. The van der Waals surface area contributed by atoms with Crippen molar-refractivity contribution < 1.29 is 34.1 Å². The Labute approximate surface area is 203 Å². The lowest BCUT2D eigenvalue weighted by molar-refractivity contribution is -0.137. The number of carboxylic acids is 2. The van der Waals surface area contributed by atoms with Crippen molar-refractivity contribution in [1.29, 1.82) is 0 Å². The Morgan fingerprint density at radius 1 is 0.857 bits per heavy atom. The number of carbonyl (C=O) groups excluding carboxylic acids is 2. The largest absolute Gasteiger partial charge is 0.478 e. The molecule has 0 unspecified atom stereocenters. The normalized spacial score (nSPS) is 9.29. The highest BCUT2D eigenvalue weighted by atomic mass is 16.5. The van der Waals surface area contributed by atoms with Crippen LogP contribution in [0.15, 0.2) is 92.0 Å². The zero-order valence-electron chi connectivity index (χ0n) is 19.3. The molecule has 0 aliphatic heterocycles. The van der Waals surface area contributed by atoms with Crippen LogP contribution in [-0.2, 0) is 14.3 Å². The number of anilines is 1. The van der Waals surface area contributed by atoms with E-state index in [0.717, 1.165) is 29.3 Å². The Balaban J connectivity index is 0.000000392. The summed E-state index contributed by atoms with van der Waals surface area (Å²) in [4.78, 5) is 43.1. The Morgan fingerprint density at radius 2 is 1.43 bits per heavy atom. The Bertz CT molecular complexity index is 1200. The molecular formula is C27H27NO7. The average Bonchev–Trinajstić information content (AvgIpc) is 2.88. The molecule has 3 N–H and O–H groups in total. The number of benzene rings is 3. The van der Waals surface area contributed by atoms with Gasteiger partial charge >= 0.3 is 17.9 Å². The minimum absolute atomic E-state index is 0.0137. The number of aromatic carboxylic acids is 1. The number of rotatable bonds is 7. The summed E-state index contributed by atoms with van der Waals surface area (Å²) in [7, 11) is 0. The van der Waals surface area contributed by atoms with Crippen LogP contribution in [0.5, 0.6) is 0 Å². The molecule has 8 heteroatoms. The van der Waals surface area contributed by atoms with Gasteiger partial charge in [0.1, 0.15) is 0 Å². The quantitative estimate of drug-likeness (QED) is 0.316. The highest BCUT2D eigenvalue weighted by molar-refractivity contribution is 6.13. The summed E-state index contributed by atoms with van der Waals surface area (Å²) in [6.07, 6.45) is 2.86. The van der Waals surface area contributed by atoms with Crippen LogP contribution in [0.2, 0.25) is 0 Å². The fraction of sp³-hybridized carbons (Fsp3) is 0.111. The average molecular weight is 478 g/mol. The van der Waals surface area contributed by atoms with E-state index in [2.05, 4.69) is 23.2 Å². The van der Waals surface area contributed by atoms with Crippen LogP contribution in [0.4, 0.5) is 5.69 Å². The first kappa shape index (κ1) is 28.3. The monoisotopic (exact) mass is 477 g/mol. The molecule has 0 aliphatic rings. The minimum atomic E-state index is -1.12. The van der Waals surface area contributed by atoms with Crippen LogP contribution in [0.3, 0.4) is 0 Å². The molecule has 0 aliphatic carbocycles. The van der Waals surface area contributed by atoms with Gasteiger partial charge in [-0.2, -0.15) is 0 Å². The van der Waals surface area contributed by atoms with E-state index in [-0.39, 0.29) is 17.1 Å². The van der Waals surface area contributed by atoms with Crippen LogP contribution < -0.4 is 5.32 Å². The zero-order chi connectivity index (χ0) is 26.2. The number of carbonyl (C=O) groups is 4. The molecule has 0 saturated carbocycles. The number of hydrogen-bond acceptors (Lipinski definition) is 5. The molecule has 0 fully saturated rings. The van der Waals surface area contributed by atoms with Gasteiger partial charge in [-0.25, -0.2) is 14.4 Å². The van der Waals surface area contributed by atoms with Crippen molar-refractivity contribution in [3.63, 3.8) is 0 Å². The van der Waals surface area contributed by atoms with Gasteiger partial charge in [0.2, 0.25) is 0 Å². The maximum Gasteiger partial charge on any atom is 0.336 e. The summed E-state index contributed by atoms with van der Waals surface area (Å²) in [5, 5.41) is 21.5. The maximum absolute atomic E-state index is 12.4. The van der Waals surface area contributed by atoms with Gasteiger partial charge in [0.05, 0.1) is 17.7 Å². The summed E-state index contributed by atoms with van der Waals surface area (Å²) in [6.45, 7) is 8.63. The Kier molecular flexibility index (Phi) is 12.3. The SMILES string of the molecule is C=CC(=O)O.C=CC(=O)OCCC.O=C(O)c1ccccc1C(=O)Nc1cccc2ccccc12. The van der Waals surface area contributed by atoms with Crippen LogP contribution in [0.1, 0.15) is 34.1 Å². The molecule has 0 heterocycles. The van der Waals surface area contributed by atoms with E-state index in [1.807, 2.05) is 43.3 Å². The Morgan fingerprint density at radius 3 is 2.00 bits per heavy atom. The van der Waals surface area contributed by atoms with Gasteiger partial charge in [-0.3, -0.25) is 4.79 Å². The van der Waals surface area contributed by atoms with Crippen molar-refractivity contribution in [3.05, 3.63) is 103 Å². The number of carboxylic acid groups (broad SMARTS) is 2. The van der Waals surface area contributed by atoms with Crippen molar-refractivity contribution in [2.24, 2.45) is 0 Å². The van der Waals surface area contributed by atoms with Crippen molar-refractivity contribution >= 4 is 40.3 Å². The fourth-order valence-corrected chi connectivity index (χ4v) is 2.65. The van der Waals surface area contributed by atoms with E-state index in [1.54, 1.807) is 18.2 Å². The molecule has 0 spiro atoms. The highest BCUT2D eigenvalue weighted by Gasteiger charge is 2.16. The second kappa shape index (κ2) is 15.2. The first-order valence-corrected chi connectivity index (χ1v) is 10.5. The van der Waals surface area contributed by atoms with Crippen molar-refractivity contribution in [2.75, 3.05) is 11.9 Å². The first-order chi connectivity index (χ1) is 16.7. The standard InChI is InChI=1S/C18H13NO3.C6H10O2.C3H4O2/c20-17(14-9-3-4-10-15(14)18(21)22)19-16-11-5-7-12-6-1-2-8-13(12)16;1-3-5-8-6(7)4-2;1-2-3(4)5/h1-11H,(H,19,20)(H,21,22);4H,2-3,5H2,1H3;2H,1H2,(H,4,5).